The third-order valence-electron chi connectivity index (χ3n) is 2.81. The number of carbonyl (C=O) groups is 1. The number of imidazole rings is 1. The van der Waals surface area contributed by atoms with Crippen LogP contribution in [0.15, 0.2) is 17.3 Å². The van der Waals surface area contributed by atoms with E-state index in [0.717, 1.165) is 16.8 Å². The van der Waals surface area contributed by atoms with Crippen LogP contribution in [-0.2, 0) is 0 Å². The van der Waals surface area contributed by atoms with E-state index in [2.05, 4.69) is 10.3 Å². The van der Waals surface area contributed by atoms with Crippen molar-refractivity contribution in [2.45, 2.75) is 12.1 Å². The molecule has 0 aliphatic carbocycles. The predicted octanol–water partition coefficient (Wildman–Crippen LogP) is 2.06. The molecule has 100 valence electrons. The first-order valence-electron chi connectivity index (χ1n) is 5.91. The summed E-state index contributed by atoms with van der Waals surface area (Å²) in [5, 5.41) is 3.29. The summed E-state index contributed by atoms with van der Waals surface area (Å²) in [6.07, 6.45) is 0. The number of fused-ring (bicyclic) bond motifs is 2. The maximum atomic E-state index is 12.0. The van der Waals surface area contributed by atoms with Gasteiger partial charge in [0, 0.05) is 19.2 Å². The molecule has 1 aromatic carbocycles. The second kappa shape index (κ2) is 4.65. The number of carbonyl (C=O) groups excluding carboxylic acids is 1. The molecule has 0 saturated carbocycles. The van der Waals surface area contributed by atoms with Crippen LogP contribution in [0.4, 0.5) is 4.79 Å². The normalized spacial score (nSPS) is 12.9. The number of hydrogen-bond donors (Lipinski definition) is 1. The van der Waals surface area contributed by atoms with Crippen LogP contribution in [-0.4, -0.2) is 35.2 Å². The highest BCUT2D eigenvalue weighted by Crippen LogP contribution is 2.37. The molecule has 0 radical (unpaired) electrons. The molecular formula is C12H13N3O3S. The van der Waals surface area contributed by atoms with E-state index in [1.165, 1.54) is 11.8 Å². The Morgan fingerprint density at radius 3 is 2.89 bits per heavy atom. The van der Waals surface area contributed by atoms with Gasteiger partial charge in [0.1, 0.15) is 0 Å². The van der Waals surface area contributed by atoms with Crippen LogP contribution >= 0.6 is 11.8 Å². The predicted molar refractivity (Wildman–Crippen MR) is 72.1 cm³/mol. The molecule has 7 heteroatoms. The molecule has 6 nitrogen and oxygen atoms in total. The molecular weight excluding hydrogens is 266 g/mol. The van der Waals surface area contributed by atoms with Gasteiger partial charge >= 0.3 is 6.03 Å². The lowest BCUT2D eigenvalue weighted by Gasteiger charge is -2.05. The van der Waals surface area contributed by atoms with Gasteiger partial charge in [0.25, 0.3) is 0 Å². The molecule has 0 fully saturated rings. The number of amides is 1. The summed E-state index contributed by atoms with van der Waals surface area (Å²) in [5.41, 5.74) is 1.45. The summed E-state index contributed by atoms with van der Waals surface area (Å²) in [6.45, 7) is 2.23. The van der Waals surface area contributed by atoms with E-state index in [4.69, 9.17) is 9.47 Å². The number of nitrogens with zero attached hydrogens (tertiary/aromatic N) is 2. The molecule has 2 aromatic rings. The highest BCUT2D eigenvalue weighted by atomic mass is 32.2. The number of hydrogen-bond acceptors (Lipinski definition) is 5. The van der Waals surface area contributed by atoms with Crippen LogP contribution in [0.3, 0.4) is 0 Å². The number of rotatable bonds is 2. The lowest BCUT2D eigenvalue weighted by molar-refractivity contribution is 0.174. The van der Waals surface area contributed by atoms with Gasteiger partial charge in [-0.05, 0) is 5.75 Å². The molecule has 1 aliphatic rings. The van der Waals surface area contributed by atoms with Gasteiger partial charge in [-0.1, -0.05) is 18.7 Å². The largest absolute Gasteiger partial charge is 0.454 e. The van der Waals surface area contributed by atoms with E-state index < -0.39 is 0 Å². The SMILES string of the molecule is CCSc1nc2cc3c(cc2n1C(=O)NC)OCO3. The molecule has 0 spiro atoms. The summed E-state index contributed by atoms with van der Waals surface area (Å²) < 4.78 is 12.2. The second-order valence-electron chi connectivity index (χ2n) is 3.91. The van der Waals surface area contributed by atoms with Crippen molar-refractivity contribution in [3.05, 3.63) is 12.1 Å². The van der Waals surface area contributed by atoms with Crippen molar-refractivity contribution < 1.29 is 14.3 Å². The zero-order chi connectivity index (χ0) is 13.4. The van der Waals surface area contributed by atoms with Gasteiger partial charge in [0.15, 0.2) is 16.7 Å². The Morgan fingerprint density at radius 1 is 1.47 bits per heavy atom. The number of ether oxygens (including phenoxy) is 2. The lowest BCUT2D eigenvalue weighted by atomic mass is 10.3. The molecule has 1 N–H and O–H groups in total. The molecule has 0 unspecified atom stereocenters. The summed E-state index contributed by atoms with van der Waals surface area (Å²) >= 11 is 1.52. The average molecular weight is 279 g/mol. The number of nitrogens with one attached hydrogen (secondary N) is 1. The van der Waals surface area contributed by atoms with E-state index in [1.54, 1.807) is 23.7 Å². The van der Waals surface area contributed by atoms with Crippen LogP contribution in [0, 0.1) is 0 Å². The van der Waals surface area contributed by atoms with Gasteiger partial charge in [-0.2, -0.15) is 0 Å². The minimum Gasteiger partial charge on any atom is -0.454 e. The van der Waals surface area contributed by atoms with Crippen molar-refractivity contribution in [2.75, 3.05) is 19.6 Å². The Bertz CT molecular complexity index is 653. The molecule has 0 saturated heterocycles. The van der Waals surface area contributed by atoms with Gasteiger partial charge in [-0.25, -0.2) is 14.3 Å². The fraction of sp³-hybridized carbons (Fsp3) is 0.333. The Kier molecular flexibility index (Phi) is 2.98. The van der Waals surface area contributed by atoms with Crippen molar-refractivity contribution in [1.29, 1.82) is 0 Å². The minimum absolute atomic E-state index is 0.207. The van der Waals surface area contributed by atoms with Crippen LogP contribution < -0.4 is 14.8 Å². The molecule has 2 heterocycles. The number of aromatic nitrogens is 2. The molecule has 1 aliphatic heterocycles. The van der Waals surface area contributed by atoms with Crippen molar-refractivity contribution >= 4 is 28.8 Å². The van der Waals surface area contributed by atoms with Gasteiger partial charge in [-0.15, -0.1) is 0 Å². The first-order chi connectivity index (χ1) is 9.24. The van der Waals surface area contributed by atoms with E-state index >= 15 is 0 Å². The summed E-state index contributed by atoms with van der Waals surface area (Å²) in [5.74, 6) is 2.15. The standard InChI is InChI=1S/C12H13N3O3S/c1-3-19-12-14-7-4-9-10(18-6-17-9)5-8(7)15(12)11(16)13-2/h4-5H,3,6H2,1-2H3,(H,13,16). The third kappa shape index (κ3) is 1.90. The monoisotopic (exact) mass is 279 g/mol. The van der Waals surface area contributed by atoms with Crippen molar-refractivity contribution in [3.63, 3.8) is 0 Å². The molecule has 0 bridgehead atoms. The fourth-order valence-corrected chi connectivity index (χ4v) is 2.71. The van der Waals surface area contributed by atoms with Crippen LogP contribution in [0.1, 0.15) is 6.92 Å². The first kappa shape index (κ1) is 12.2. The van der Waals surface area contributed by atoms with E-state index in [0.29, 0.717) is 16.7 Å². The van der Waals surface area contributed by atoms with Gasteiger partial charge in [0.2, 0.25) is 6.79 Å². The number of benzene rings is 1. The smallest absolute Gasteiger partial charge is 0.327 e. The Hall–Kier alpha value is -1.89. The lowest BCUT2D eigenvalue weighted by Crippen LogP contribution is -2.25. The average Bonchev–Trinajstić information content (AvgIpc) is 2.98. The Morgan fingerprint density at radius 2 is 2.21 bits per heavy atom. The zero-order valence-corrected chi connectivity index (χ0v) is 11.4. The van der Waals surface area contributed by atoms with Gasteiger partial charge in [0.05, 0.1) is 11.0 Å². The zero-order valence-electron chi connectivity index (χ0n) is 10.6. The van der Waals surface area contributed by atoms with E-state index in [1.807, 2.05) is 6.92 Å². The molecule has 19 heavy (non-hydrogen) atoms. The molecule has 3 rings (SSSR count). The van der Waals surface area contributed by atoms with Crippen LogP contribution in [0.5, 0.6) is 11.5 Å². The summed E-state index contributed by atoms with van der Waals surface area (Å²) in [6, 6.07) is 3.38. The fourth-order valence-electron chi connectivity index (χ4n) is 1.98. The third-order valence-corrected chi connectivity index (χ3v) is 3.63. The molecule has 0 atom stereocenters. The molecule has 1 aromatic heterocycles. The Balaban J connectivity index is 2.23. The van der Waals surface area contributed by atoms with E-state index in [9.17, 15) is 4.79 Å². The van der Waals surface area contributed by atoms with Crippen molar-refractivity contribution in [2.24, 2.45) is 0 Å². The maximum Gasteiger partial charge on any atom is 0.327 e. The molecule has 1 amide bonds. The first-order valence-corrected chi connectivity index (χ1v) is 6.90. The highest BCUT2D eigenvalue weighted by Gasteiger charge is 2.21. The topological polar surface area (TPSA) is 65.4 Å². The van der Waals surface area contributed by atoms with Crippen molar-refractivity contribution in [3.8, 4) is 11.5 Å². The highest BCUT2D eigenvalue weighted by molar-refractivity contribution is 7.99. The Labute approximate surface area is 114 Å². The van der Waals surface area contributed by atoms with E-state index in [-0.39, 0.29) is 12.8 Å². The minimum atomic E-state index is -0.211. The van der Waals surface area contributed by atoms with Crippen LogP contribution in [0.2, 0.25) is 0 Å². The summed E-state index contributed by atoms with van der Waals surface area (Å²) in [4.78, 5) is 16.5. The number of thioether (sulfide) groups is 1. The quantitative estimate of drug-likeness (QED) is 0.852. The maximum absolute atomic E-state index is 12.0. The second-order valence-corrected chi connectivity index (χ2v) is 5.14. The van der Waals surface area contributed by atoms with Gasteiger partial charge < -0.3 is 14.8 Å². The van der Waals surface area contributed by atoms with Crippen LogP contribution in [0.25, 0.3) is 11.0 Å². The summed E-state index contributed by atoms with van der Waals surface area (Å²) in [7, 11) is 1.60. The van der Waals surface area contributed by atoms with Crippen molar-refractivity contribution in [1.82, 2.24) is 14.9 Å². The van der Waals surface area contributed by atoms with Gasteiger partial charge in [-0.3, -0.25) is 0 Å².